The van der Waals surface area contributed by atoms with Crippen molar-refractivity contribution in [1.82, 2.24) is 5.32 Å². The molecule has 80 valence electrons. The van der Waals surface area contributed by atoms with E-state index in [0.717, 1.165) is 12.0 Å². The smallest absolute Gasteiger partial charge is 0.0139 e. The monoisotopic (exact) mass is 201 g/mol. The van der Waals surface area contributed by atoms with Gasteiger partial charge in [0.15, 0.2) is 0 Å². The molecule has 0 radical (unpaired) electrons. The summed E-state index contributed by atoms with van der Waals surface area (Å²) in [6.07, 6.45) is 6.73. The Morgan fingerprint density at radius 3 is 3.00 bits per heavy atom. The molecule has 1 aliphatic heterocycles. The molecule has 0 amide bonds. The first kappa shape index (κ1) is 9.41. The zero-order chi connectivity index (χ0) is 10.1. The van der Waals surface area contributed by atoms with Gasteiger partial charge in [-0.05, 0) is 49.3 Å². The van der Waals surface area contributed by atoms with Crippen molar-refractivity contribution in [3.05, 3.63) is 35.4 Å². The van der Waals surface area contributed by atoms with Gasteiger partial charge in [0.2, 0.25) is 0 Å². The molecule has 0 spiro atoms. The third-order valence-corrected chi connectivity index (χ3v) is 4.01. The van der Waals surface area contributed by atoms with E-state index in [0.29, 0.717) is 0 Å². The number of aryl methyl sites for hydroxylation is 1. The molecule has 1 aliphatic carbocycles. The van der Waals surface area contributed by atoms with Crippen LogP contribution >= 0.6 is 0 Å². The topological polar surface area (TPSA) is 12.0 Å². The summed E-state index contributed by atoms with van der Waals surface area (Å²) in [5.74, 6) is 0.789. The van der Waals surface area contributed by atoms with E-state index in [1.165, 1.54) is 38.6 Å². The average molecular weight is 201 g/mol. The third kappa shape index (κ3) is 1.69. The van der Waals surface area contributed by atoms with Gasteiger partial charge in [0.25, 0.3) is 0 Å². The fourth-order valence-corrected chi connectivity index (χ4v) is 3.23. The van der Waals surface area contributed by atoms with Gasteiger partial charge in [0.05, 0.1) is 0 Å². The molecule has 3 rings (SSSR count). The molecule has 1 nitrogen and oxygen atoms in total. The highest BCUT2D eigenvalue weighted by Crippen LogP contribution is 2.36. The van der Waals surface area contributed by atoms with Crippen molar-refractivity contribution < 1.29 is 0 Å². The maximum Gasteiger partial charge on any atom is 0.0139 e. The number of benzene rings is 1. The summed E-state index contributed by atoms with van der Waals surface area (Å²) >= 11 is 0. The molecule has 0 aromatic heterocycles. The largest absolute Gasteiger partial charge is 0.313 e. The Balaban J connectivity index is 1.96. The first-order chi connectivity index (χ1) is 7.45. The summed E-state index contributed by atoms with van der Waals surface area (Å²) in [5, 5.41) is 3.72. The molecule has 1 aromatic rings. The minimum absolute atomic E-state index is 0.752. The predicted octanol–water partition coefficient (Wildman–Crippen LogP) is 2.86. The number of fused-ring (bicyclic) bond motifs is 3. The van der Waals surface area contributed by atoms with Crippen molar-refractivity contribution in [2.75, 3.05) is 6.54 Å². The van der Waals surface area contributed by atoms with Gasteiger partial charge in [-0.25, -0.2) is 0 Å². The number of hydrogen-bond acceptors (Lipinski definition) is 1. The van der Waals surface area contributed by atoms with Gasteiger partial charge in [-0.1, -0.05) is 30.7 Å². The molecular weight excluding hydrogens is 182 g/mol. The summed E-state index contributed by atoms with van der Waals surface area (Å²) in [6, 6.07) is 9.80. The summed E-state index contributed by atoms with van der Waals surface area (Å²) in [4.78, 5) is 0. The minimum Gasteiger partial charge on any atom is -0.313 e. The zero-order valence-corrected chi connectivity index (χ0v) is 9.21. The van der Waals surface area contributed by atoms with E-state index >= 15 is 0 Å². The quantitative estimate of drug-likeness (QED) is 0.680. The van der Waals surface area contributed by atoms with Crippen LogP contribution in [0.15, 0.2) is 24.3 Å². The molecule has 0 bridgehead atoms. The summed E-state index contributed by atoms with van der Waals surface area (Å²) in [6.45, 7) is 1.23. The van der Waals surface area contributed by atoms with Crippen LogP contribution in [-0.2, 0) is 6.42 Å². The Labute approximate surface area is 91.9 Å². The Kier molecular flexibility index (Phi) is 2.49. The second-order valence-corrected chi connectivity index (χ2v) is 4.90. The van der Waals surface area contributed by atoms with E-state index in [2.05, 4.69) is 29.6 Å². The van der Waals surface area contributed by atoms with Crippen molar-refractivity contribution in [1.29, 1.82) is 0 Å². The molecule has 2 unspecified atom stereocenters. The lowest BCUT2D eigenvalue weighted by Crippen LogP contribution is -2.37. The molecule has 1 N–H and O–H groups in total. The SMILES string of the molecule is c1ccc2c(c1)CCC1NCCCCC21. The van der Waals surface area contributed by atoms with E-state index in [-0.39, 0.29) is 0 Å². The van der Waals surface area contributed by atoms with Gasteiger partial charge in [-0.3, -0.25) is 0 Å². The van der Waals surface area contributed by atoms with Crippen LogP contribution < -0.4 is 5.32 Å². The Hall–Kier alpha value is -0.820. The van der Waals surface area contributed by atoms with Crippen LogP contribution in [0.25, 0.3) is 0 Å². The van der Waals surface area contributed by atoms with Gasteiger partial charge in [0, 0.05) is 6.04 Å². The summed E-state index contributed by atoms with van der Waals surface area (Å²) in [5.41, 5.74) is 3.23. The lowest BCUT2D eigenvalue weighted by atomic mass is 9.77. The average Bonchev–Trinajstić information content (AvgIpc) is 2.54. The zero-order valence-electron chi connectivity index (χ0n) is 9.21. The van der Waals surface area contributed by atoms with Gasteiger partial charge in [-0.15, -0.1) is 0 Å². The van der Waals surface area contributed by atoms with Crippen LogP contribution in [0.1, 0.15) is 42.7 Å². The van der Waals surface area contributed by atoms with Crippen LogP contribution in [0, 0.1) is 0 Å². The Morgan fingerprint density at radius 2 is 2.00 bits per heavy atom. The summed E-state index contributed by atoms with van der Waals surface area (Å²) in [7, 11) is 0. The van der Waals surface area contributed by atoms with Crippen LogP contribution in [-0.4, -0.2) is 12.6 Å². The molecule has 1 saturated heterocycles. The van der Waals surface area contributed by atoms with Crippen molar-refractivity contribution >= 4 is 0 Å². The fourth-order valence-electron chi connectivity index (χ4n) is 3.23. The normalized spacial score (nSPS) is 30.1. The van der Waals surface area contributed by atoms with Crippen LogP contribution in [0.5, 0.6) is 0 Å². The van der Waals surface area contributed by atoms with Crippen LogP contribution in [0.2, 0.25) is 0 Å². The molecule has 1 heteroatoms. The van der Waals surface area contributed by atoms with E-state index in [1.807, 2.05) is 0 Å². The molecule has 1 heterocycles. The molecule has 2 atom stereocenters. The highest BCUT2D eigenvalue weighted by molar-refractivity contribution is 5.34. The van der Waals surface area contributed by atoms with Crippen molar-refractivity contribution in [2.45, 2.75) is 44.1 Å². The van der Waals surface area contributed by atoms with E-state index in [9.17, 15) is 0 Å². The van der Waals surface area contributed by atoms with Crippen LogP contribution in [0.3, 0.4) is 0 Å². The molecule has 1 fully saturated rings. The van der Waals surface area contributed by atoms with E-state index in [1.54, 1.807) is 11.1 Å². The highest BCUT2D eigenvalue weighted by Gasteiger charge is 2.29. The molecular formula is C14H19N. The lowest BCUT2D eigenvalue weighted by molar-refractivity contribution is 0.402. The maximum absolute atomic E-state index is 3.72. The second-order valence-electron chi connectivity index (χ2n) is 4.90. The van der Waals surface area contributed by atoms with Gasteiger partial charge in [0.1, 0.15) is 0 Å². The third-order valence-electron chi connectivity index (χ3n) is 4.01. The minimum atomic E-state index is 0.752. The maximum atomic E-state index is 3.72. The Bertz CT molecular complexity index is 345. The van der Waals surface area contributed by atoms with E-state index < -0.39 is 0 Å². The van der Waals surface area contributed by atoms with Gasteiger partial charge >= 0.3 is 0 Å². The van der Waals surface area contributed by atoms with E-state index in [4.69, 9.17) is 0 Å². The first-order valence-corrected chi connectivity index (χ1v) is 6.26. The van der Waals surface area contributed by atoms with Crippen LogP contribution in [0.4, 0.5) is 0 Å². The lowest BCUT2D eigenvalue weighted by Gasteiger charge is -2.32. The second kappa shape index (κ2) is 3.97. The number of nitrogens with one attached hydrogen (secondary N) is 1. The molecule has 15 heavy (non-hydrogen) atoms. The van der Waals surface area contributed by atoms with Crippen molar-refractivity contribution in [3.8, 4) is 0 Å². The first-order valence-electron chi connectivity index (χ1n) is 6.26. The number of hydrogen-bond donors (Lipinski definition) is 1. The fraction of sp³-hybridized carbons (Fsp3) is 0.571. The number of rotatable bonds is 0. The highest BCUT2D eigenvalue weighted by atomic mass is 14.9. The summed E-state index contributed by atoms with van der Waals surface area (Å²) < 4.78 is 0. The standard InChI is InChI=1S/C14H19N/c1-2-6-12-11(5-1)8-9-14-13(12)7-3-4-10-15-14/h1-2,5-6,13-15H,3-4,7-10H2. The predicted molar refractivity (Wildman–Crippen MR) is 63.1 cm³/mol. The van der Waals surface area contributed by atoms with Gasteiger partial charge in [-0.2, -0.15) is 0 Å². The Morgan fingerprint density at radius 1 is 1.07 bits per heavy atom. The van der Waals surface area contributed by atoms with Gasteiger partial charge < -0.3 is 5.32 Å². The van der Waals surface area contributed by atoms with Crippen molar-refractivity contribution in [3.63, 3.8) is 0 Å². The molecule has 0 saturated carbocycles. The van der Waals surface area contributed by atoms with Crippen molar-refractivity contribution in [2.24, 2.45) is 0 Å². The molecule has 2 aliphatic rings. The molecule has 1 aromatic carbocycles.